The van der Waals surface area contributed by atoms with Gasteiger partial charge in [-0.15, -0.1) is 0 Å². The molecule has 0 aliphatic carbocycles. The van der Waals surface area contributed by atoms with Crippen LogP contribution in [-0.4, -0.2) is 30.0 Å². The summed E-state index contributed by atoms with van der Waals surface area (Å²) in [6.07, 6.45) is 1.42. The van der Waals surface area contributed by atoms with Crippen molar-refractivity contribution < 1.29 is 23.5 Å². The number of hydrogen-bond acceptors (Lipinski definition) is 4. The third kappa shape index (κ3) is 4.65. The Kier molecular flexibility index (Phi) is 5.13. The van der Waals surface area contributed by atoms with E-state index in [-0.39, 0.29) is 18.7 Å². The van der Waals surface area contributed by atoms with Gasteiger partial charge in [-0.05, 0) is 37.3 Å². The first-order chi connectivity index (χ1) is 10.9. The number of furan rings is 1. The Morgan fingerprint density at radius 3 is 2.70 bits per heavy atom. The second-order valence-corrected chi connectivity index (χ2v) is 5.22. The van der Waals surface area contributed by atoms with E-state index in [0.717, 1.165) is 6.07 Å². The van der Waals surface area contributed by atoms with Gasteiger partial charge in [0.1, 0.15) is 17.2 Å². The van der Waals surface area contributed by atoms with Gasteiger partial charge in [-0.2, -0.15) is 0 Å². The zero-order chi connectivity index (χ0) is 16.9. The fraction of sp³-hybridized carbons (Fsp3) is 0.250. The third-order valence-corrected chi connectivity index (χ3v) is 3.18. The average Bonchev–Trinajstić information content (AvgIpc) is 3.06. The lowest BCUT2D eigenvalue weighted by molar-refractivity contribution is -0.121. The summed E-state index contributed by atoms with van der Waals surface area (Å²) >= 11 is 0. The fourth-order valence-corrected chi connectivity index (χ4v) is 1.90. The van der Waals surface area contributed by atoms with Gasteiger partial charge in [-0.25, -0.2) is 4.39 Å². The molecule has 2 aromatic rings. The Bertz CT molecular complexity index is 683. The number of carbonyl (C=O) groups is 2. The van der Waals surface area contributed by atoms with Gasteiger partial charge in [0.05, 0.1) is 19.4 Å². The lowest BCUT2D eigenvalue weighted by Crippen LogP contribution is -2.43. The van der Waals surface area contributed by atoms with Crippen molar-refractivity contribution in [2.24, 2.45) is 0 Å². The maximum atomic E-state index is 13.0. The number of rotatable bonds is 6. The van der Waals surface area contributed by atoms with Gasteiger partial charge in [0.25, 0.3) is 5.91 Å². The second kappa shape index (κ2) is 7.06. The van der Waals surface area contributed by atoms with Crippen LogP contribution in [0.2, 0.25) is 0 Å². The summed E-state index contributed by atoms with van der Waals surface area (Å²) in [5, 5.41) is 15.0. The van der Waals surface area contributed by atoms with E-state index in [0.29, 0.717) is 5.76 Å². The van der Waals surface area contributed by atoms with Gasteiger partial charge in [0.2, 0.25) is 5.91 Å². The van der Waals surface area contributed by atoms with Crippen LogP contribution < -0.4 is 10.6 Å². The summed E-state index contributed by atoms with van der Waals surface area (Å²) in [4.78, 5) is 23.5. The zero-order valence-electron chi connectivity index (χ0n) is 12.5. The Morgan fingerprint density at radius 2 is 2.04 bits per heavy atom. The van der Waals surface area contributed by atoms with Crippen LogP contribution in [-0.2, 0) is 10.4 Å². The van der Waals surface area contributed by atoms with Crippen molar-refractivity contribution in [2.45, 2.75) is 12.5 Å². The summed E-state index contributed by atoms with van der Waals surface area (Å²) in [5.41, 5.74) is -1.23. The van der Waals surface area contributed by atoms with E-state index in [4.69, 9.17) is 4.42 Å². The van der Waals surface area contributed by atoms with Crippen molar-refractivity contribution in [3.63, 3.8) is 0 Å². The Labute approximate surface area is 132 Å². The molecule has 1 unspecified atom stereocenters. The molecule has 0 aliphatic heterocycles. The molecule has 0 spiro atoms. The highest BCUT2D eigenvalue weighted by molar-refractivity contribution is 5.96. The number of aliphatic hydroxyl groups is 1. The van der Waals surface area contributed by atoms with Crippen LogP contribution in [0.25, 0.3) is 0 Å². The van der Waals surface area contributed by atoms with Gasteiger partial charge in [0.15, 0.2) is 0 Å². The van der Waals surface area contributed by atoms with Crippen LogP contribution in [0.15, 0.2) is 47.1 Å². The van der Waals surface area contributed by atoms with Crippen molar-refractivity contribution in [3.8, 4) is 0 Å². The summed E-state index contributed by atoms with van der Waals surface area (Å²) in [6, 6.07) is 8.38. The third-order valence-electron chi connectivity index (χ3n) is 3.18. The quantitative estimate of drug-likeness (QED) is 0.745. The SMILES string of the molecule is CC(O)(CNC(=O)CNC(=O)c1cccc(F)c1)c1ccco1. The molecular weight excluding hydrogens is 303 g/mol. The molecule has 1 atom stereocenters. The standard InChI is InChI=1S/C16H17FN2O4/c1-16(22,13-6-3-7-23-13)10-19-14(20)9-18-15(21)11-4-2-5-12(17)8-11/h2-8,22H,9-10H2,1H3,(H,18,21)(H,19,20). The number of hydrogen-bond donors (Lipinski definition) is 3. The monoisotopic (exact) mass is 320 g/mol. The topological polar surface area (TPSA) is 91.6 Å². The van der Waals surface area contributed by atoms with Crippen LogP contribution in [0, 0.1) is 5.82 Å². The predicted octanol–water partition coefficient (Wildman–Crippen LogP) is 1.17. The molecule has 0 aliphatic rings. The average molecular weight is 320 g/mol. The summed E-state index contributed by atoms with van der Waals surface area (Å²) in [5.74, 6) is -1.25. The van der Waals surface area contributed by atoms with Gasteiger partial charge >= 0.3 is 0 Å². The maximum Gasteiger partial charge on any atom is 0.251 e. The summed E-state index contributed by atoms with van der Waals surface area (Å²) in [7, 11) is 0. The molecule has 0 bridgehead atoms. The second-order valence-electron chi connectivity index (χ2n) is 5.22. The number of benzene rings is 1. The lowest BCUT2D eigenvalue weighted by Gasteiger charge is -2.21. The molecule has 0 fully saturated rings. The lowest BCUT2D eigenvalue weighted by atomic mass is 10.0. The minimum absolute atomic E-state index is 0.0742. The number of nitrogens with one attached hydrogen (secondary N) is 2. The van der Waals surface area contributed by atoms with Gasteiger partial charge in [0, 0.05) is 5.56 Å². The normalized spacial score (nSPS) is 13.2. The molecule has 0 saturated heterocycles. The van der Waals surface area contributed by atoms with E-state index in [9.17, 15) is 19.1 Å². The first-order valence-corrected chi connectivity index (χ1v) is 6.95. The fourth-order valence-electron chi connectivity index (χ4n) is 1.90. The molecule has 0 saturated carbocycles. The molecule has 122 valence electrons. The Hall–Kier alpha value is -2.67. The van der Waals surface area contributed by atoms with Crippen LogP contribution in [0.1, 0.15) is 23.0 Å². The van der Waals surface area contributed by atoms with Crippen molar-refractivity contribution in [1.82, 2.24) is 10.6 Å². The molecule has 2 rings (SSSR count). The Morgan fingerprint density at radius 1 is 1.26 bits per heavy atom. The van der Waals surface area contributed by atoms with Crippen LogP contribution in [0.3, 0.4) is 0 Å². The highest BCUT2D eigenvalue weighted by Crippen LogP contribution is 2.19. The minimum atomic E-state index is -1.36. The molecule has 1 aromatic heterocycles. The first kappa shape index (κ1) is 16.7. The number of amides is 2. The maximum absolute atomic E-state index is 13.0. The molecular formula is C16H17FN2O4. The summed E-state index contributed by atoms with van der Waals surface area (Å²) < 4.78 is 18.1. The largest absolute Gasteiger partial charge is 0.466 e. The van der Waals surface area contributed by atoms with Gasteiger partial charge < -0.3 is 20.2 Å². The van der Waals surface area contributed by atoms with Crippen LogP contribution >= 0.6 is 0 Å². The molecule has 3 N–H and O–H groups in total. The van der Waals surface area contributed by atoms with Crippen molar-refractivity contribution in [3.05, 3.63) is 59.8 Å². The molecule has 23 heavy (non-hydrogen) atoms. The molecule has 1 aromatic carbocycles. The van der Waals surface area contributed by atoms with Crippen LogP contribution in [0.5, 0.6) is 0 Å². The van der Waals surface area contributed by atoms with E-state index in [2.05, 4.69) is 10.6 Å². The number of halogens is 1. The molecule has 1 heterocycles. The van der Waals surface area contributed by atoms with E-state index in [1.807, 2.05) is 0 Å². The van der Waals surface area contributed by atoms with Gasteiger partial charge in [-0.3, -0.25) is 9.59 Å². The van der Waals surface area contributed by atoms with Crippen LogP contribution in [0.4, 0.5) is 4.39 Å². The molecule has 6 nitrogen and oxygen atoms in total. The van der Waals surface area contributed by atoms with Crippen molar-refractivity contribution >= 4 is 11.8 Å². The Balaban J connectivity index is 1.80. The van der Waals surface area contributed by atoms with E-state index in [1.165, 1.54) is 31.4 Å². The smallest absolute Gasteiger partial charge is 0.251 e. The molecule has 0 radical (unpaired) electrons. The van der Waals surface area contributed by atoms with Crippen molar-refractivity contribution in [2.75, 3.05) is 13.1 Å². The van der Waals surface area contributed by atoms with Gasteiger partial charge in [-0.1, -0.05) is 6.07 Å². The van der Waals surface area contributed by atoms with Crippen molar-refractivity contribution in [1.29, 1.82) is 0 Å². The van der Waals surface area contributed by atoms with E-state index in [1.54, 1.807) is 12.1 Å². The van der Waals surface area contributed by atoms with E-state index < -0.39 is 23.2 Å². The highest BCUT2D eigenvalue weighted by Gasteiger charge is 2.26. The predicted molar refractivity (Wildman–Crippen MR) is 80.0 cm³/mol. The number of carbonyl (C=O) groups excluding carboxylic acids is 2. The van der Waals surface area contributed by atoms with E-state index >= 15 is 0 Å². The molecule has 7 heteroatoms. The summed E-state index contributed by atoms with van der Waals surface area (Å²) in [6.45, 7) is 1.14. The zero-order valence-corrected chi connectivity index (χ0v) is 12.5. The highest BCUT2D eigenvalue weighted by atomic mass is 19.1. The molecule has 2 amide bonds. The minimum Gasteiger partial charge on any atom is -0.466 e. The first-order valence-electron chi connectivity index (χ1n) is 6.95.